The molecular formula is C91H112ClN11O25. The monoisotopic (exact) mass is 1790 g/mol. The summed E-state index contributed by atoms with van der Waals surface area (Å²) in [4.78, 5) is 137. The number of aliphatic hydroxyl groups excluding tert-OH is 6. The van der Waals surface area contributed by atoms with E-state index < -0.39 is 216 Å². The minimum atomic E-state index is -2.33. The summed E-state index contributed by atoms with van der Waals surface area (Å²) in [5.74, 6) is -12.0. The summed E-state index contributed by atoms with van der Waals surface area (Å²) >= 11 is 7.33. The lowest BCUT2D eigenvalue weighted by molar-refractivity contribution is -0.333. The molecule has 18 atom stereocenters. The number of carbonyl (C=O) groups excluding carboxylic acids is 9. The van der Waals surface area contributed by atoms with E-state index in [-0.39, 0.29) is 98.4 Å². The van der Waals surface area contributed by atoms with E-state index >= 15 is 28.8 Å². The number of unbranched alkanes of at least 4 members (excludes halogenated alkanes) is 2. The molecule has 36 nitrogen and oxygen atoms in total. The van der Waals surface area contributed by atoms with E-state index in [9.17, 15) is 55.2 Å². The molecule has 6 fully saturated rings. The first-order valence-corrected chi connectivity index (χ1v) is 43.7. The van der Waals surface area contributed by atoms with E-state index in [1.54, 1.807) is 0 Å². The number of aryl methyl sites for hydroxylation is 1. The molecule has 9 amide bonds. The average Bonchev–Trinajstić information content (AvgIpc) is 0.753. The highest BCUT2D eigenvalue weighted by Crippen LogP contribution is 2.55. The maximum absolute atomic E-state index is 16.6. The molecule has 7 heterocycles. The van der Waals surface area contributed by atoms with Gasteiger partial charge in [0.1, 0.15) is 101 Å². The molecule has 11 aliphatic rings. The molecule has 7 aliphatic heterocycles. The number of phenols is 2. The first kappa shape index (κ1) is 93.2. The van der Waals surface area contributed by atoms with Gasteiger partial charge in [-0.25, -0.2) is 4.79 Å². The summed E-state index contributed by atoms with van der Waals surface area (Å²) in [7, 11) is 1.50. The Balaban J connectivity index is 0.933. The van der Waals surface area contributed by atoms with Crippen LogP contribution in [0.4, 0.5) is 4.79 Å². The number of aromatic hydroxyl groups is 2. The number of ether oxygens (including phenoxy) is 8. The first-order chi connectivity index (χ1) is 61.0. The number of hydrogen-bond acceptors (Lipinski definition) is 27. The van der Waals surface area contributed by atoms with Crippen molar-refractivity contribution in [2.75, 3.05) is 26.8 Å². The zero-order valence-corrected chi connectivity index (χ0v) is 72.5. The van der Waals surface area contributed by atoms with Crippen molar-refractivity contribution in [3.05, 3.63) is 147 Å². The van der Waals surface area contributed by atoms with Crippen molar-refractivity contribution in [1.82, 2.24) is 47.9 Å². The van der Waals surface area contributed by atoms with Crippen LogP contribution in [-0.2, 0) is 59.0 Å². The molecule has 15 bridgehead atoms. The number of amides is 9. The summed E-state index contributed by atoms with van der Waals surface area (Å²) < 4.78 is 51.1. The van der Waals surface area contributed by atoms with Crippen LogP contribution in [0.25, 0.3) is 11.1 Å². The fraction of sp³-hybridized carbons (Fsp3) is 0.505. The Labute approximate surface area is 742 Å². The Morgan fingerprint density at radius 3 is 1.99 bits per heavy atom. The maximum Gasteiger partial charge on any atom is 0.412 e. The molecule has 0 aromatic heterocycles. The van der Waals surface area contributed by atoms with E-state index in [4.69, 9.17) is 61.0 Å². The lowest BCUT2D eigenvalue weighted by atomic mass is 9.54. The Bertz CT molecular complexity index is 5130. The van der Waals surface area contributed by atoms with Crippen molar-refractivity contribution in [2.24, 2.45) is 41.1 Å². The fourth-order valence-electron chi connectivity index (χ4n) is 18.9. The topological polar surface area (TPSA) is 550 Å². The summed E-state index contributed by atoms with van der Waals surface area (Å²) in [6, 6.07) is 8.59. The molecule has 6 aromatic carbocycles. The van der Waals surface area contributed by atoms with Gasteiger partial charge < -0.3 is 138 Å². The normalized spacial score (nSPS) is 29.9. The predicted molar refractivity (Wildman–Crippen MR) is 458 cm³/mol. The molecule has 2 saturated heterocycles. The second kappa shape index (κ2) is 39.5. The van der Waals surface area contributed by atoms with Gasteiger partial charge in [0.15, 0.2) is 23.9 Å². The average molecular weight is 1800 g/mol. The second-order valence-electron chi connectivity index (χ2n) is 35.4. The van der Waals surface area contributed by atoms with Gasteiger partial charge in [-0.05, 0) is 214 Å². The van der Waals surface area contributed by atoms with Crippen LogP contribution >= 0.6 is 11.6 Å². The van der Waals surface area contributed by atoms with Crippen molar-refractivity contribution in [1.29, 1.82) is 0 Å². The molecule has 4 saturated carbocycles. The van der Waals surface area contributed by atoms with Gasteiger partial charge in [0, 0.05) is 41.7 Å². The second-order valence-corrected chi connectivity index (χ2v) is 35.8. The van der Waals surface area contributed by atoms with Crippen LogP contribution in [-0.4, -0.2) is 206 Å². The number of fused-ring (bicyclic) bond motifs is 15. The Morgan fingerprint density at radius 1 is 0.688 bits per heavy atom. The number of likely N-dealkylation sites (N-methyl/N-ethyl adjacent to an activating group) is 1. The Kier molecular flexibility index (Phi) is 28.8. The molecule has 17 rings (SSSR count). The highest BCUT2D eigenvalue weighted by atomic mass is 35.5. The van der Waals surface area contributed by atoms with Crippen LogP contribution in [0.2, 0.25) is 5.02 Å². The number of carbonyl (C=O) groups is 9. The number of nitrogens with one attached hydrogen (secondary N) is 9. The predicted octanol–water partition coefficient (Wildman–Crippen LogP) is 4.81. The van der Waals surface area contributed by atoms with Crippen LogP contribution in [0.5, 0.6) is 51.7 Å². The molecule has 0 spiro atoms. The van der Waals surface area contributed by atoms with E-state index in [2.05, 4.69) is 54.8 Å². The number of rotatable bonds is 23. The zero-order chi connectivity index (χ0) is 91.6. The minimum Gasteiger partial charge on any atom is -0.507 e. The third kappa shape index (κ3) is 20.7. The van der Waals surface area contributed by atoms with Crippen LogP contribution in [0.3, 0.4) is 0 Å². The van der Waals surface area contributed by atoms with Crippen molar-refractivity contribution < 1.29 is 122 Å². The smallest absolute Gasteiger partial charge is 0.412 e. The van der Waals surface area contributed by atoms with Gasteiger partial charge in [0.05, 0.1) is 42.9 Å². The van der Waals surface area contributed by atoms with E-state index in [0.29, 0.717) is 30.6 Å². The molecule has 6 aromatic rings. The quantitative estimate of drug-likeness (QED) is 0.0383. The summed E-state index contributed by atoms with van der Waals surface area (Å²) in [6.45, 7) is 10.0. The van der Waals surface area contributed by atoms with Gasteiger partial charge >= 0.3 is 6.09 Å². The highest BCUT2D eigenvalue weighted by Gasteiger charge is 2.53. The third-order valence-corrected chi connectivity index (χ3v) is 25.7. The lowest BCUT2D eigenvalue weighted by Gasteiger charge is -2.54. The highest BCUT2D eigenvalue weighted by molar-refractivity contribution is 6.32. The molecule has 0 unspecified atom stereocenters. The van der Waals surface area contributed by atoms with E-state index in [0.717, 1.165) is 93.3 Å². The van der Waals surface area contributed by atoms with Crippen molar-refractivity contribution in [2.45, 2.75) is 234 Å². The Morgan fingerprint density at radius 2 is 1.34 bits per heavy atom. The molecular weight excluding hydrogens is 1680 g/mol. The zero-order valence-electron chi connectivity index (χ0n) is 71.8. The van der Waals surface area contributed by atoms with E-state index in [1.807, 2.05) is 38.1 Å². The minimum absolute atomic E-state index is 0.0247. The third-order valence-electron chi connectivity index (χ3n) is 25.4. The van der Waals surface area contributed by atoms with E-state index in [1.165, 1.54) is 70.3 Å². The van der Waals surface area contributed by atoms with Crippen molar-refractivity contribution in [3.63, 3.8) is 0 Å². The van der Waals surface area contributed by atoms with Crippen molar-refractivity contribution in [3.8, 4) is 62.9 Å². The van der Waals surface area contributed by atoms with Gasteiger partial charge in [-0.3, -0.25) is 38.4 Å². The SMILES string of the molecule is CCCCCOc1ccc(CCNC(=O)Oc2cc(O)c3c(c2)[C@@H](C(=O)NC2C4CC5CC(C4)CC2C5)NC(=O)[C@H]2NC(=O)[C@H](NC(=O)[C@@H]4NC(=O)[C@H](CC(N)=O)NC(=O)[C@H](NC(=O)[C@@H](CC(C)C)NC)[C@H](O)c5ccc(c(C)c5)Oc5cc4cc(c5O[C@@H]4O[C@H](CO)[C@@H](O)[C@H](O)[C@H]4O[C@H]4C[C@](C)(N)[C@H](O)[C@H](C)O4)Oc4ccc(cc4Cl)[C@H]2O)c2ccc(O)c-3c2)cc1. The van der Waals surface area contributed by atoms with Crippen molar-refractivity contribution >= 4 is 65.0 Å². The number of benzene rings is 6. The number of hydrogen-bond donors (Lipinski definition) is 19. The number of halogens is 1. The standard InChI is InChI=1S/C91H112ClN11O25/c1-8-9-10-23-121-52-16-11-43(12-17-52)21-22-96-90(120)123-53-35-55-68(60(106)36-53)54-31-46(13-18-59(54)105)70-84(115)103-74(88(119)101-72(55)86(117)98-69-49-27-44-26-45(29-49)30-50(69)28-44)76(109)48-15-20-62(56(92)32-48)125-64-34-51-33-63(79(64)128-89-80(78(111)77(110)65(39-104)126-89)127-67-38-91(6,94)81(112)42(5)122-67)124-61-19-14-47(25-41(61)4)75(108)73(102-82(113)57(95-7)24-40(2)3)87(118)97-58(37-66(93)107)83(114)99-71(51)85(116)100-70/h11-20,25,31-36,40,42,44-45,49-50,57-58,65,67,69-78,80-81,89,95,104-106,108-112H,8-10,21-24,26-30,37-39,94H2,1-7H3,(H2,93,107)(H,96,120)(H,97,118)(H,98,117)(H,99,114)(H,100,116)(H,101,119)(H,102,113)(H,103,115)/t42-,44?,45?,49?,50?,57+,58-,65+,67-,69?,70+,71+,72-,73+,74-,75+,76+,77+,78-,80+,81+,89-,91-/m0/s1. The van der Waals surface area contributed by atoms with Crippen LogP contribution in [0.15, 0.2) is 103 Å². The molecule has 688 valence electrons. The van der Waals surface area contributed by atoms with Gasteiger partial charge in [-0.1, -0.05) is 75.5 Å². The molecule has 128 heavy (non-hydrogen) atoms. The lowest BCUT2D eigenvalue weighted by Crippen LogP contribution is -2.64. The van der Waals surface area contributed by atoms with Crippen LogP contribution in [0, 0.1) is 36.5 Å². The first-order valence-electron chi connectivity index (χ1n) is 43.4. The summed E-state index contributed by atoms with van der Waals surface area (Å²) in [6.07, 6.45) is -11.7. The van der Waals surface area contributed by atoms with Gasteiger partial charge in [0.25, 0.3) is 0 Å². The molecule has 0 radical (unpaired) electrons. The fourth-order valence-corrected chi connectivity index (χ4v) is 19.1. The van der Waals surface area contributed by atoms with Gasteiger partial charge in [-0.15, -0.1) is 0 Å². The summed E-state index contributed by atoms with van der Waals surface area (Å²) in [5, 5.41) is 120. The summed E-state index contributed by atoms with van der Waals surface area (Å²) in [5.41, 5.74) is 10.1. The molecule has 4 aliphatic carbocycles. The largest absolute Gasteiger partial charge is 0.507 e. The number of nitrogens with two attached hydrogens (primary N) is 2. The number of aliphatic hydroxyl groups is 6. The molecule has 37 heteroatoms. The molecule has 21 N–H and O–H groups in total. The number of primary amides is 1. The maximum atomic E-state index is 16.6. The van der Waals surface area contributed by atoms with Gasteiger partial charge in [-0.2, -0.15) is 0 Å². The Hall–Kier alpha value is -11.0. The van der Waals surface area contributed by atoms with Crippen LogP contribution < -0.4 is 83.0 Å². The number of phenolic OH excluding ortho intramolecular Hbond substituents is 2. The van der Waals surface area contributed by atoms with Gasteiger partial charge in [0.2, 0.25) is 59.3 Å². The van der Waals surface area contributed by atoms with Crippen LogP contribution in [0.1, 0.15) is 175 Å².